The van der Waals surface area contributed by atoms with E-state index < -0.39 is 0 Å². The highest BCUT2D eigenvalue weighted by Crippen LogP contribution is 2.41. The number of halogens is 1. The van der Waals surface area contributed by atoms with Crippen LogP contribution in [0.2, 0.25) is 5.02 Å². The average molecular weight is 489 g/mol. The SMILES string of the molecule is CC(=O)N1c2ccc(-c3ccc(CN4CCCCC4)cc3)cc2C(Nc2ccc(Cl)cn2)C[C@H]1C. The van der Waals surface area contributed by atoms with Gasteiger partial charge in [-0.2, -0.15) is 0 Å². The van der Waals surface area contributed by atoms with E-state index in [1.807, 2.05) is 17.0 Å². The summed E-state index contributed by atoms with van der Waals surface area (Å²) in [6.07, 6.45) is 6.43. The number of rotatable bonds is 5. The number of hydrogen-bond donors (Lipinski definition) is 1. The Balaban J connectivity index is 1.43. The van der Waals surface area contributed by atoms with Crippen LogP contribution in [0, 0.1) is 0 Å². The fraction of sp³-hybridized carbons (Fsp3) is 0.379. The van der Waals surface area contributed by atoms with Gasteiger partial charge in [0.05, 0.1) is 11.1 Å². The summed E-state index contributed by atoms with van der Waals surface area (Å²) in [7, 11) is 0. The lowest BCUT2D eigenvalue weighted by molar-refractivity contribution is -0.117. The van der Waals surface area contributed by atoms with E-state index in [1.54, 1.807) is 13.1 Å². The number of nitrogens with one attached hydrogen (secondary N) is 1. The van der Waals surface area contributed by atoms with Crippen LogP contribution < -0.4 is 10.2 Å². The number of piperidine rings is 1. The van der Waals surface area contributed by atoms with E-state index in [2.05, 4.69) is 64.6 Å². The summed E-state index contributed by atoms with van der Waals surface area (Å²) in [5.41, 5.74) is 5.78. The van der Waals surface area contributed by atoms with Gasteiger partial charge >= 0.3 is 0 Å². The first kappa shape index (κ1) is 23.8. The highest BCUT2D eigenvalue weighted by Gasteiger charge is 2.32. The van der Waals surface area contributed by atoms with Crippen molar-refractivity contribution in [1.29, 1.82) is 0 Å². The third-order valence-corrected chi connectivity index (χ3v) is 7.43. The topological polar surface area (TPSA) is 48.5 Å². The molecule has 1 unspecified atom stereocenters. The van der Waals surface area contributed by atoms with Crippen molar-refractivity contribution in [3.8, 4) is 11.1 Å². The van der Waals surface area contributed by atoms with Gasteiger partial charge in [0.25, 0.3) is 0 Å². The molecular formula is C29H33ClN4O. The standard InChI is InChI=1S/C29H33ClN4O/c1-20-16-27(32-29-13-11-25(30)18-31-29)26-17-24(10-12-28(26)34(20)21(2)35)23-8-6-22(7-9-23)19-33-14-4-3-5-15-33/h6-13,17-18,20,27H,3-5,14-16,19H2,1-2H3,(H,31,32)/t20-,27?/m1/s1. The van der Waals surface area contributed by atoms with Gasteiger partial charge in [-0.25, -0.2) is 4.98 Å². The van der Waals surface area contributed by atoms with Gasteiger partial charge in [-0.15, -0.1) is 0 Å². The summed E-state index contributed by atoms with van der Waals surface area (Å²) in [6.45, 7) is 7.17. The number of hydrogen-bond acceptors (Lipinski definition) is 4. The summed E-state index contributed by atoms with van der Waals surface area (Å²) >= 11 is 6.03. The number of fused-ring (bicyclic) bond motifs is 1. The Morgan fingerprint density at radius 2 is 1.77 bits per heavy atom. The molecule has 1 saturated heterocycles. The molecule has 5 nitrogen and oxygen atoms in total. The molecule has 1 amide bonds. The van der Waals surface area contributed by atoms with Crippen LogP contribution in [-0.4, -0.2) is 34.9 Å². The summed E-state index contributed by atoms with van der Waals surface area (Å²) in [5.74, 6) is 0.845. The van der Waals surface area contributed by atoms with E-state index >= 15 is 0 Å². The molecule has 6 heteroatoms. The smallest absolute Gasteiger partial charge is 0.224 e. The van der Waals surface area contributed by atoms with Crippen LogP contribution in [-0.2, 0) is 11.3 Å². The lowest BCUT2D eigenvalue weighted by atomic mass is 9.89. The van der Waals surface area contributed by atoms with Gasteiger partial charge in [0, 0.05) is 31.4 Å². The molecule has 0 radical (unpaired) electrons. The first-order chi connectivity index (χ1) is 17.0. The van der Waals surface area contributed by atoms with E-state index in [1.165, 1.54) is 43.5 Å². The monoisotopic (exact) mass is 488 g/mol. The molecule has 1 aromatic heterocycles. The van der Waals surface area contributed by atoms with E-state index in [0.29, 0.717) is 5.02 Å². The summed E-state index contributed by atoms with van der Waals surface area (Å²) in [5, 5.41) is 4.19. The number of aromatic nitrogens is 1. The van der Waals surface area contributed by atoms with Gasteiger partial charge in [-0.1, -0.05) is 48.4 Å². The van der Waals surface area contributed by atoms with Crippen molar-refractivity contribution < 1.29 is 4.79 Å². The van der Waals surface area contributed by atoms with Crippen molar-refractivity contribution >= 4 is 29.0 Å². The molecule has 0 saturated carbocycles. The van der Waals surface area contributed by atoms with Gasteiger partial charge in [0.15, 0.2) is 0 Å². The summed E-state index contributed by atoms with van der Waals surface area (Å²) in [4.78, 5) is 21.4. The van der Waals surface area contributed by atoms with Crippen LogP contribution in [0.25, 0.3) is 11.1 Å². The molecule has 0 spiro atoms. The maximum atomic E-state index is 12.5. The van der Waals surface area contributed by atoms with Gasteiger partial charge in [-0.3, -0.25) is 9.69 Å². The lowest BCUT2D eigenvalue weighted by Gasteiger charge is -2.39. The van der Waals surface area contributed by atoms with Crippen molar-refractivity contribution in [2.45, 2.75) is 58.2 Å². The minimum Gasteiger partial charge on any atom is -0.363 e. The number of pyridine rings is 1. The van der Waals surface area contributed by atoms with Crippen molar-refractivity contribution in [2.24, 2.45) is 0 Å². The van der Waals surface area contributed by atoms with Crippen molar-refractivity contribution in [2.75, 3.05) is 23.3 Å². The van der Waals surface area contributed by atoms with Crippen molar-refractivity contribution in [3.63, 3.8) is 0 Å². The summed E-state index contributed by atoms with van der Waals surface area (Å²) in [6, 6.07) is 19.3. The van der Waals surface area contributed by atoms with E-state index in [0.717, 1.165) is 35.6 Å². The second-order valence-electron chi connectivity index (χ2n) is 9.84. The predicted molar refractivity (Wildman–Crippen MR) is 144 cm³/mol. The zero-order chi connectivity index (χ0) is 24.4. The molecule has 2 aromatic carbocycles. The summed E-state index contributed by atoms with van der Waals surface area (Å²) < 4.78 is 0. The van der Waals surface area contributed by atoms with Gasteiger partial charge in [0.2, 0.25) is 5.91 Å². The Morgan fingerprint density at radius 1 is 1.03 bits per heavy atom. The predicted octanol–water partition coefficient (Wildman–Crippen LogP) is 6.69. The minimum absolute atomic E-state index is 0.0441. The molecule has 182 valence electrons. The minimum atomic E-state index is 0.0441. The maximum Gasteiger partial charge on any atom is 0.224 e. The third kappa shape index (κ3) is 5.36. The van der Waals surface area contributed by atoms with E-state index in [-0.39, 0.29) is 18.0 Å². The van der Waals surface area contributed by atoms with Crippen LogP contribution in [0.15, 0.2) is 60.8 Å². The lowest BCUT2D eigenvalue weighted by Crippen LogP contribution is -2.43. The van der Waals surface area contributed by atoms with E-state index in [9.17, 15) is 4.79 Å². The number of benzene rings is 2. The fourth-order valence-electron chi connectivity index (χ4n) is 5.48. The van der Waals surface area contributed by atoms with Crippen LogP contribution in [0.5, 0.6) is 0 Å². The van der Waals surface area contributed by atoms with Crippen LogP contribution in [0.4, 0.5) is 11.5 Å². The highest BCUT2D eigenvalue weighted by atomic mass is 35.5. The molecule has 35 heavy (non-hydrogen) atoms. The Morgan fingerprint density at radius 3 is 2.46 bits per heavy atom. The normalized spacial score (nSPS) is 20.4. The molecule has 3 heterocycles. The molecule has 0 bridgehead atoms. The van der Waals surface area contributed by atoms with Crippen molar-refractivity contribution in [1.82, 2.24) is 9.88 Å². The van der Waals surface area contributed by atoms with Crippen LogP contribution in [0.3, 0.4) is 0 Å². The number of carbonyl (C=O) groups is 1. The second-order valence-corrected chi connectivity index (χ2v) is 10.3. The second kappa shape index (κ2) is 10.4. The van der Waals surface area contributed by atoms with Crippen LogP contribution >= 0.6 is 11.6 Å². The van der Waals surface area contributed by atoms with Gasteiger partial charge in [0.1, 0.15) is 5.82 Å². The highest BCUT2D eigenvalue weighted by molar-refractivity contribution is 6.30. The van der Waals surface area contributed by atoms with E-state index in [4.69, 9.17) is 11.6 Å². The maximum absolute atomic E-state index is 12.5. The molecule has 0 aliphatic carbocycles. The molecule has 2 aliphatic rings. The first-order valence-electron chi connectivity index (χ1n) is 12.6. The third-order valence-electron chi connectivity index (χ3n) is 7.21. The Hall–Kier alpha value is -2.89. The molecule has 1 fully saturated rings. The Kier molecular flexibility index (Phi) is 7.07. The molecule has 2 atom stereocenters. The number of amides is 1. The molecule has 1 N–H and O–H groups in total. The quantitative estimate of drug-likeness (QED) is 0.434. The Labute approximate surface area is 213 Å². The molecule has 3 aromatic rings. The zero-order valence-electron chi connectivity index (χ0n) is 20.5. The molecular weight excluding hydrogens is 456 g/mol. The number of likely N-dealkylation sites (tertiary alicyclic amines) is 1. The fourth-order valence-corrected chi connectivity index (χ4v) is 5.59. The Bertz CT molecular complexity index is 1170. The van der Waals surface area contributed by atoms with Crippen LogP contribution in [0.1, 0.15) is 56.7 Å². The molecule has 2 aliphatic heterocycles. The van der Waals surface area contributed by atoms with Gasteiger partial charge < -0.3 is 10.2 Å². The average Bonchev–Trinajstić information content (AvgIpc) is 2.86. The van der Waals surface area contributed by atoms with Gasteiger partial charge in [-0.05, 0) is 85.8 Å². The molecule has 5 rings (SSSR count). The number of anilines is 2. The zero-order valence-corrected chi connectivity index (χ0v) is 21.3. The number of carbonyl (C=O) groups excluding carboxylic acids is 1. The first-order valence-corrected chi connectivity index (χ1v) is 13.0. The number of nitrogens with zero attached hydrogens (tertiary/aromatic N) is 3. The van der Waals surface area contributed by atoms with Crippen molar-refractivity contribution in [3.05, 3.63) is 76.9 Å². The largest absolute Gasteiger partial charge is 0.363 e.